The second kappa shape index (κ2) is 14.6. The molecule has 0 saturated carbocycles. The summed E-state index contributed by atoms with van der Waals surface area (Å²) in [7, 11) is -2.83. The van der Waals surface area contributed by atoms with Crippen LogP contribution in [0, 0.1) is 0 Å². The van der Waals surface area contributed by atoms with Gasteiger partial charge in [-0.15, -0.1) is 11.3 Å². The van der Waals surface area contributed by atoms with Gasteiger partial charge < -0.3 is 19.5 Å². The molecule has 1 aromatic heterocycles. The van der Waals surface area contributed by atoms with E-state index in [1.807, 2.05) is 12.1 Å². The van der Waals surface area contributed by atoms with Crippen molar-refractivity contribution in [3.05, 3.63) is 76.1 Å². The Balaban J connectivity index is 1.45. The van der Waals surface area contributed by atoms with Crippen molar-refractivity contribution in [3.8, 4) is 16.2 Å². The van der Waals surface area contributed by atoms with Crippen molar-refractivity contribution in [2.75, 3.05) is 19.8 Å². The van der Waals surface area contributed by atoms with Gasteiger partial charge in [-0.05, 0) is 85.5 Å². The van der Waals surface area contributed by atoms with Gasteiger partial charge in [-0.2, -0.15) is 0 Å². The highest BCUT2D eigenvalue weighted by molar-refractivity contribution is 7.32. The fourth-order valence-corrected chi connectivity index (χ4v) is 4.66. The smallest absolute Gasteiger partial charge is 0.316 e. The van der Waals surface area contributed by atoms with Crippen molar-refractivity contribution >= 4 is 31.2 Å². The maximum atomic E-state index is 10.6. The molecule has 2 N–H and O–H groups in total. The van der Waals surface area contributed by atoms with Gasteiger partial charge in [0.25, 0.3) is 0 Å². The second-order valence-electron chi connectivity index (χ2n) is 7.74. The summed E-state index contributed by atoms with van der Waals surface area (Å²) in [5.74, 6) is 0.917. The van der Waals surface area contributed by atoms with Crippen molar-refractivity contribution in [2.45, 2.75) is 38.6 Å². The zero-order chi connectivity index (χ0) is 23.3. The number of halogens is 1. The lowest BCUT2D eigenvalue weighted by Crippen LogP contribution is -2.16. The lowest BCUT2D eigenvalue weighted by atomic mass is 10.1. The van der Waals surface area contributed by atoms with Crippen LogP contribution in [0.15, 0.2) is 60.0 Å². The van der Waals surface area contributed by atoms with Gasteiger partial charge in [-0.25, -0.2) is 0 Å². The summed E-state index contributed by atoms with van der Waals surface area (Å²) < 4.78 is 21.4. The summed E-state index contributed by atoms with van der Waals surface area (Å²) >= 11 is 7.65. The molecule has 0 bridgehead atoms. The first-order valence-corrected chi connectivity index (χ1v) is 13.7. The fourth-order valence-electron chi connectivity index (χ4n) is 3.47. The predicted molar refractivity (Wildman–Crippen MR) is 138 cm³/mol. The van der Waals surface area contributed by atoms with E-state index in [-0.39, 0.29) is 6.61 Å². The molecule has 0 aliphatic heterocycles. The normalized spacial score (nSPS) is 12.1. The molecule has 0 amide bonds. The van der Waals surface area contributed by atoms with Gasteiger partial charge in [0, 0.05) is 22.0 Å². The minimum Gasteiger partial charge on any atom is -0.493 e. The number of aryl methyl sites for hydroxylation is 1. The molecule has 33 heavy (non-hydrogen) atoms. The minimum atomic E-state index is -2.83. The van der Waals surface area contributed by atoms with Crippen LogP contribution in [0.3, 0.4) is 0 Å². The highest BCUT2D eigenvalue weighted by Gasteiger charge is 2.09. The number of unbranched alkanes of at least 4 members (excludes halogenated alkanes) is 2. The van der Waals surface area contributed by atoms with Crippen LogP contribution in [0.2, 0.25) is 5.02 Å². The maximum absolute atomic E-state index is 10.6. The quantitative estimate of drug-likeness (QED) is 0.176. The number of thiophene rings is 1. The summed E-state index contributed by atoms with van der Waals surface area (Å²) in [5, 5.41) is 6.21. The molecule has 8 heteroatoms. The number of hydrogen-bond donors (Lipinski definition) is 2. The highest BCUT2D eigenvalue weighted by atomic mass is 35.5. The molecule has 0 spiro atoms. The van der Waals surface area contributed by atoms with E-state index in [9.17, 15) is 4.57 Å². The average Bonchev–Trinajstić information content (AvgIpc) is 3.35. The van der Waals surface area contributed by atoms with Gasteiger partial charge in [0.1, 0.15) is 5.75 Å². The number of nitrogens with one attached hydrogen (secondary N) is 1. The minimum absolute atomic E-state index is 0.286. The Morgan fingerprint density at radius 3 is 2.55 bits per heavy atom. The van der Waals surface area contributed by atoms with Crippen LogP contribution >= 0.6 is 31.2 Å². The van der Waals surface area contributed by atoms with Gasteiger partial charge in [0.2, 0.25) is 0 Å². The zero-order valence-electron chi connectivity index (χ0n) is 18.6. The van der Waals surface area contributed by atoms with Crippen molar-refractivity contribution in [1.29, 1.82) is 0 Å². The Bertz CT molecular complexity index is 983. The molecule has 3 aromatic rings. The molecule has 1 atom stereocenters. The predicted octanol–water partition coefficient (Wildman–Crippen LogP) is 6.74. The lowest BCUT2D eigenvalue weighted by Gasteiger charge is -2.13. The molecule has 2 aromatic carbocycles. The molecule has 0 saturated heterocycles. The Morgan fingerprint density at radius 2 is 1.79 bits per heavy atom. The molecule has 178 valence electrons. The first kappa shape index (κ1) is 26.0. The molecule has 0 fully saturated rings. The Kier molecular flexibility index (Phi) is 11.5. The van der Waals surface area contributed by atoms with Gasteiger partial charge in [0.05, 0.1) is 13.2 Å². The Hall–Kier alpha value is -1.66. The van der Waals surface area contributed by atoms with Crippen molar-refractivity contribution in [3.63, 3.8) is 0 Å². The third kappa shape index (κ3) is 9.62. The van der Waals surface area contributed by atoms with Crippen LogP contribution in [0.4, 0.5) is 0 Å². The first-order valence-electron chi connectivity index (χ1n) is 11.2. The monoisotopic (exact) mass is 507 g/mol. The van der Waals surface area contributed by atoms with E-state index >= 15 is 0 Å². The van der Waals surface area contributed by atoms with Gasteiger partial charge >= 0.3 is 8.25 Å². The lowest BCUT2D eigenvalue weighted by molar-refractivity contribution is 0.276. The fraction of sp³-hybridized carbons (Fsp3) is 0.360. The molecule has 1 unspecified atom stereocenters. The first-order chi connectivity index (χ1) is 16.1. The molecular formula is C25H31ClNO4PS. The molecule has 0 radical (unpaired) electrons. The molecule has 1 heterocycles. The summed E-state index contributed by atoms with van der Waals surface area (Å²) in [6.07, 6.45) is 5.02. The third-order valence-electron chi connectivity index (χ3n) is 5.16. The van der Waals surface area contributed by atoms with E-state index in [0.717, 1.165) is 55.1 Å². The van der Waals surface area contributed by atoms with Crippen LogP contribution in [0.25, 0.3) is 10.4 Å². The maximum Gasteiger partial charge on any atom is 0.316 e. The largest absolute Gasteiger partial charge is 0.493 e. The van der Waals surface area contributed by atoms with Crippen LogP contribution in [0.1, 0.15) is 36.8 Å². The molecule has 0 aliphatic carbocycles. The SMILES string of the molecule is O=[PH](O)OCCCNCc1ccc(OCCCCCc2ccc(Cl)cc2)c(-c2cccs2)c1. The van der Waals surface area contributed by atoms with Crippen LogP contribution in [-0.4, -0.2) is 24.7 Å². The molecule has 0 aliphatic rings. The van der Waals surface area contributed by atoms with E-state index < -0.39 is 8.25 Å². The number of rotatable bonds is 15. The van der Waals surface area contributed by atoms with E-state index in [4.69, 9.17) is 25.8 Å². The van der Waals surface area contributed by atoms with Gasteiger partial charge in [-0.3, -0.25) is 4.57 Å². The second-order valence-corrected chi connectivity index (χ2v) is 9.94. The van der Waals surface area contributed by atoms with E-state index in [2.05, 4.69) is 53.2 Å². The highest BCUT2D eigenvalue weighted by Crippen LogP contribution is 2.34. The molecule has 5 nitrogen and oxygen atoms in total. The van der Waals surface area contributed by atoms with Crippen LogP contribution in [0.5, 0.6) is 5.75 Å². The summed E-state index contributed by atoms with van der Waals surface area (Å²) in [4.78, 5) is 9.87. The topological polar surface area (TPSA) is 67.8 Å². The summed E-state index contributed by atoms with van der Waals surface area (Å²) in [6, 6.07) is 18.6. The summed E-state index contributed by atoms with van der Waals surface area (Å²) in [6.45, 7) is 2.42. The van der Waals surface area contributed by atoms with E-state index in [1.165, 1.54) is 16.0 Å². The average molecular weight is 508 g/mol. The van der Waals surface area contributed by atoms with Crippen LogP contribution in [-0.2, 0) is 22.1 Å². The van der Waals surface area contributed by atoms with Gasteiger partial charge in [-0.1, -0.05) is 35.9 Å². The van der Waals surface area contributed by atoms with Crippen molar-refractivity contribution < 1.29 is 18.7 Å². The molecular weight excluding hydrogens is 477 g/mol. The number of hydrogen-bond acceptors (Lipinski definition) is 5. The number of ether oxygens (including phenoxy) is 1. The third-order valence-corrected chi connectivity index (χ3v) is 6.77. The van der Waals surface area contributed by atoms with Crippen molar-refractivity contribution in [2.24, 2.45) is 0 Å². The van der Waals surface area contributed by atoms with E-state index in [0.29, 0.717) is 13.0 Å². The van der Waals surface area contributed by atoms with Gasteiger partial charge in [0.15, 0.2) is 0 Å². The zero-order valence-corrected chi connectivity index (χ0v) is 21.2. The van der Waals surface area contributed by atoms with E-state index in [1.54, 1.807) is 11.3 Å². The Morgan fingerprint density at radius 1 is 0.970 bits per heavy atom. The Labute approximate surface area is 205 Å². The summed E-state index contributed by atoms with van der Waals surface area (Å²) in [5.41, 5.74) is 3.61. The molecule has 3 rings (SSSR count). The van der Waals surface area contributed by atoms with Crippen molar-refractivity contribution in [1.82, 2.24) is 5.32 Å². The van der Waals surface area contributed by atoms with Crippen LogP contribution < -0.4 is 10.1 Å². The number of benzene rings is 2. The standard InChI is InChI=1S/C25H31ClNO4PS/c26-22-11-8-20(9-12-22)6-2-1-3-15-30-24-13-10-21(18-23(24)25-7-4-17-33-25)19-27-14-5-16-31-32(28)29/h4,7-13,17-18,27,32H,1-3,5-6,14-16,19H2,(H,28,29).